The molecule has 0 radical (unpaired) electrons. The van der Waals surface area contributed by atoms with E-state index in [1.807, 2.05) is 48.5 Å². The zero-order valence-electron chi connectivity index (χ0n) is 12.7. The highest BCUT2D eigenvalue weighted by atomic mass is 35.5. The molecule has 0 aromatic heterocycles. The fourth-order valence-electron chi connectivity index (χ4n) is 3.33. The molecule has 2 aromatic rings. The van der Waals surface area contributed by atoms with E-state index >= 15 is 0 Å². The zero-order chi connectivity index (χ0) is 15.9. The molecule has 4 heteroatoms. The van der Waals surface area contributed by atoms with Crippen LogP contribution < -0.4 is 10.1 Å². The smallest absolute Gasteiger partial charge is 0.231 e. The lowest BCUT2D eigenvalue weighted by Gasteiger charge is -2.28. The second-order valence-corrected chi connectivity index (χ2v) is 6.73. The molecular weight excluding hydrogens is 310 g/mol. The SMILES string of the molecule is O=C(NC1CCOc2ccccc21)C1(c2ccc(Cl)cc2)CC1. The molecular formula is C19H18ClNO2. The highest BCUT2D eigenvalue weighted by Gasteiger charge is 2.51. The quantitative estimate of drug-likeness (QED) is 0.925. The minimum Gasteiger partial charge on any atom is -0.493 e. The molecule has 1 aliphatic heterocycles. The van der Waals surface area contributed by atoms with Crippen LogP contribution in [-0.2, 0) is 10.2 Å². The number of hydrogen-bond donors (Lipinski definition) is 1. The van der Waals surface area contributed by atoms with E-state index in [1.54, 1.807) is 0 Å². The van der Waals surface area contributed by atoms with Crippen LogP contribution in [0.25, 0.3) is 0 Å². The molecule has 1 saturated carbocycles. The Morgan fingerprint density at radius 3 is 2.61 bits per heavy atom. The van der Waals surface area contributed by atoms with Gasteiger partial charge in [-0.1, -0.05) is 41.9 Å². The summed E-state index contributed by atoms with van der Waals surface area (Å²) in [7, 11) is 0. The van der Waals surface area contributed by atoms with Gasteiger partial charge in [0, 0.05) is 17.0 Å². The summed E-state index contributed by atoms with van der Waals surface area (Å²) < 4.78 is 5.67. The summed E-state index contributed by atoms with van der Waals surface area (Å²) in [5.41, 5.74) is 1.75. The third kappa shape index (κ3) is 2.59. The summed E-state index contributed by atoms with van der Waals surface area (Å²) in [6.45, 7) is 0.635. The highest BCUT2D eigenvalue weighted by molar-refractivity contribution is 6.30. The van der Waals surface area contributed by atoms with E-state index in [0.29, 0.717) is 11.6 Å². The number of carbonyl (C=O) groups excluding carboxylic acids is 1. The topological polar surface area (TPSA) is 38.3 Å². The Bertz CT molecular complexity index is 737. The van der Waals surface area contributed by atoms with Gasteiger partial charge in [-0.15, -0.1) is 0 Å². The van der Waals surface area contributed by atoms with Crippen LogP contribution in [0.15, 0.2) is 48.5 Å². The van der Waals surface area contributed by atoms with Gasteiger partial charge in [0.15, 0.2) is 0 Å². The second kappa shape index (κ2) is 5.57. The summed E-state index contributed by atoms with van der Waals surface area (Å²) in [5.74, 6) is 0.988. The van der Waals surface area contributed by atoms with Crippen molar-refractivity contribution in [2.24, 2.45) is 0 Å². The predicted octanol–water partition coefficient (Wildman–Crippen LogP) is 4.01. The van der Waals surface area contributed by atoms with Gasteiger partial charge in [-0.25, -0.2) is 0 Å². The van der Waals surface area contributed by atoms with E-state index in [4.69, 9.17) is 16.3 Å². The van der Waals surface area contributed by atoms with E-state index in [-0.39, 0.29) is 17.4 Å². The van der Waals surface area contributed by atoms with Gasteiger partial charge in [-0.2, -0.15) is 0 Å². The normalized spacial score (nSPS) is 21.0. The first kappa shape index (κ1) is 14.6. The maximum absolute atomic E-state index is 12.9. The van der Waals surface area contributed by atoms with Crippen molar-refractivity contribution in [2.75, 3.05) is 6.61 Å². The summed E-state index contributed by atoms with van der Waals surface area (Å²) in [6.07, 6.45) is 2.59. The Morgan fingerprint density at radius 2 is 1.87 bits per heavy atom. The largest absolute Gasteiger partial charge is 0.493 e. The standard InChI is InChI=1S/C19H18ClNO2/c20-14-7-5-13(6-8-14)19(10-11-19)18(22)21-16-9-12-23-17-4-2-1-3-15(16)17/h1-8,16H,9-12H2,(H,21,22). The number of para-hydroxylation sites is 1. The maximum Gasteiger partial charge on any atom is 0.231 e. The Labute approximate surface area is 140 Å². The number of benzene rings is 2. The van der Waals surface area contributed by atoms with Gasteiger partial charge in [0.25, 0.3) is 0 Å². The van der Waals surface area contributed by atoms with Crippen molar-refractivity contribution in [1.29, 1.82) is 0 Å². The van der Waals surface area contributed by atoms with Gasteiger partial charge in [-0.3, -0.25) is 4.79 Å². The number of nitrogens with one attached hydrogen (secondary N) is 1. The number of halogens is 1. The molecule has 1 N–H and O–H groups in total. The summed E-state index contributed by atoms with van der Waals surface area (Å²) >= 11 is 5.96. The van der Waals surface area contributed by atoms with Crippen molar-refractivity contribution < 1.29 is 9.53 Å². The third-order valence-electron chi connectivity index (χ3n) is 4.85. The van der Waals surface area contributed by atoms with Crippen molar-refractivity contribution >= 4 is 17.5 Å². The fraction of sp³-hybridized carbons (Fsp3) is 0.316. The van der Waals surface area contributed by atoms with E-state index < -0.39 is 0 Å². The summed E-state index contributed by atoms with van der Waals surface area (Å²) in [4.78, 5) is 12.9. The van der Waals surface area contributed by atoms with Crippen LogP contribution in [0.3, 0.4) is 0 Å². The minimum absolute atomic E-state index is 0.0252. The lowest BCUT2D eigenvalue weighted by molar-refractivity contribution is -0.124. The zero-order valence-corrected chi connectivity index (χ0v) is 13.5. The first-order valence-electron chi connectivity index (χ1n) is 7.98. The molecule has 118 valence electrons. The van der Waals surface area contributed by atoms with Gasteiger partial charge >= 0.3 is 0 Å². The van der Waals surface area contributed by atoms with Crippen molar-refractivity contribution in [3.63, 3.8) is 0 Å². The van der Waals surface area contributed by atoms with Crippen molar-refractivity contribution in [2.45, 2.75) is 30.7 Å². The second-order valence-electron chi connectivity index (χ2n) is 6.29. The average molecular weight is 328 g/mol. The van der Waals surface area contributed by atoms with E-state index in [2.05, 4.69) is 5.32 Å². The fourth-order valence-corrected chi connectivity index (χ4v) is 3.46. The van der Waals surface area contributed by atoms with Gasteiger partial charge in [-0.05, 0) is 36.6 Å². The van der Waals surface area contributed by atoms with Gasteiger partial charge in [0.1, 0.15) is 5.75 Å². The Hall–Kier alpha value is -2.00. The molecule has 2 aliphatic rings. The van der Waals surface area contributed by atoms with Crippen molar-refractivity contribution in [3.05, 3.63) is 64.7 Å². The van der Waals surface area contributed by atoms with Crippen LogP contribution >= 0.6 is 11.6 Å². The van der Waals surface area contributed by atoms with Crippen LogP contribution in [0.4, 0.5) is 0 Å². The van der Waals surface area contributed by atoms with Gasteiger partial charge in [0.2, 0.25) is 5.91 Å². The molecule has 1 atom stereocenters. The van der Waals surface area contributed by atoms with Crippen LogP contribution in [0.1, 0.15) is 36.4 Å². The molecule has 1 fully saturated rings. The molecule has 2 aromatic carbocycles. The third-order valence-corrected chi connectivity index (χ3v) is 5.10. The van der Waals surface area contributed by atoms with Gasteiger partial charge < -0.3 is 10.1 Å². The molecule has 0 saturated heterocycles. The summed E-state index contributed by atoms with van der Waals surface area (Å²) in [6, 6.07) is 15.6. The molecule has 1 heterocycles. The highest BCUT2D eigenvalue weighted by Crippen LogP contribution is 2.49. The average Bonchev–Trinajstić information content (AvgIpc) is 3.38. The molecule has 1 unspecified atom stereocenters. The molecule has 1 amide bonds. The number of rotatable bonds is 3. The van der Waals surface area contributed by atoms with Crippen molar-refractivity contribution in [3.8, 4) is 5.75 Å². The Balaban J connectivity index is 1.56. The van der Waals surface area contributed by atoms with E-state index in [9.17, 15) is 4.79 Å². The minimum atomic E-state index is -0.377. The number of hydrogen-bond acceptors (Lipinski definition) is 2. The molecule has 0 spiro atoms. The first-order valence-corrected chi connectivity index (χ1v) is 8.36. The molecule has 3 nitrogen and oxygen atoms in total. The monoisotopic (exact) mass is 327 g/mol. The Morgan fingerprint density at radius 1 is 1.13 bits per heavy atom. The van der Waals surface area contributed by atoms with Gasteiger partial charge in [0.05, 0.1) is 18.1 Å². The molecule has 1 aliphatic carbocycles. The maximum atomic E-state index is 12.9. The first-order chi connectivity index (χ1) is 11.2. The molecule has 4 rings (SSSR count). The number of ether oxygens (including phenoxy) is 1. The van der Waals surface area contributed by atoms with E-state index in [1.165, 1.54) is 0 Å². The number of carbonyl (C=O) groups is 1. The number of amides is 1. The number of fused-ring (bicyclic) bond motifs is 1. The van der Waals surface area contributed by atoms with Crippen LogP contribution in [0.5, 0.6) is 5.75 Å². The van der Waals surface area contributed by atoms with Crippen LogP contribution in [0.2, 0.25) is 5.02 Å². The van der Waals surface area contributed by atoms with Crippen LogP contribution in [-0.4, -0.2) is 12.5 Å². The predicted molar refractivity (Wildman–Crippen MR) is 89.8 cm³/mol. The molecule has 0 bridgehead atoms. The molecule has 23 heavy (non-hydrogen) atoms. The van der Waals surface area contributed by atoms with E-state index in [0.717, 1.165) is 36.1 Å². The Kier molecular flexibility index (Phi) is 3.53. The lowest BCUT2D eigenvalue weighted by Crippen LogP contribution is -2.39. The summed E-state index contributed by atoms with van der Waals surface area (Å²) in [5, 5.41) is 3.94. The lowest BCUT2D eigenvalue weighted by atomic mass is 9.93. The van der Waals surface area contributed by atoms with Crippen molar-refractivity contribution in [1.82, 2.24) is 5.32 Å². The van der Waals surface area contributed by atoms with Crippen LogP contribution in [0, 0.1) is 0 Å².